The summed E-state index contributed by atoms with van der Waals surface area (Å²) in [5, 5.41) is 0. The smallest absolute Gasteiger partial charge is 0.329 e. The van der Waals surface area contributed by atoms with Gasteiger partial charge in [-0.15, -0.1) is 0 Å². The molecule has 2 heterocycles. The van der Waals surface area contributed by atoms with E-state index in [1.54, 1.807) is 0 Å². The summed E-state index contributed by atoms with van der Waals surface area (Å²) in [6.45, 7) is 4.61. The largest absolute Gasteiger partial charge is 0.494 e. The Hall–Kier alpha value is -3.31. The van der Waals surface area contributed by atoms with Gasteiger partial charge in [-0.05, 0) is 68.4 Å². The Bertz CT molecular complexity index is 1270. The van der Waals surface area contributed by atoms with Gasteiger partial charge in [-0.3, -0.25) is 9.13 Å². The van der Waals surface area contributed by atoms with Crippen molar-refractivity contribution in [2.24, 2.45) is 0 Å². The molecule has 4 aromatic rings. The van der Waals surface area contributed by atoms with Crippen molar-refractivity contribution < 1.29 is 4.74 Å². The highest BCUT2D eigenvalue weighted by Gasteiger charge is 2.25. The lowest BCUT2D eigenvalue weighted by Gasteiger charge is -2.32. The van der Waals surface area contributed by atoms with E-state index in [1.807, 2.05) is 41.0 Å². The Morgan fingerprint density at radius 2 is 1.39 bits per heavy atom. The van der Waals surface area contributed by atoms with Crippen LogP contribution in [0.1, 0.15) is 43.7 Å². The zero-order valence-corrected chi connectivity index (χ0v) is 21.1. The zero-order chi connectivity index (χ0) is 24.6. The number of nitrogens with zero attached hydrogens (tertiary/aromatic N) is 3. The van der Waals surface area contributed by atoms with Crippen LogP contribution < -0.4 is 10.4 Å². The van der Waals surface area contributed by atoms with Crippen molar-refractivity contribution in [1.82, 2.24) is 14.0 Å². The van der Waals surface area contributed by atoms with Crippen LogP contribution in [0, 0.1) is 0 Å². The first-order valence-electron chi connectivity index (χ1n) is 13.4. The van der Waals surface area contributed by atoms with Crippen LogP contribution in [0.15, 0.2) is 89.7 Å². The summed E-state index contributed by atoms with van der Waals surface area (Å²) in [4.78, 5) is 16.1. The summed E-state index contributed by atoms with van der Waals surface area (Å²) < 4.78 is 9.94. The average molecular weight is 484 g/mol. The monoisotopic (exact) mass is 483 g/mol. The quantitative estimate of drug-likeness (QED) is 0.248. The number of ether oxygens (including phenoxy) is 1. The van der Waals surface area contributed by atoms with Crippen molar-refractivity contribution in [3.05, 3.63) is 101 Å². The Kier molecular flexibility index (Phi) is 8.19. The number of benzene rings is 3. The Labute approximate surface area is 213 Å². The van der Waals surface area contributed by atoms with Gasteiger partial charge < -0.3 is 9.64 Å². The second kappa shape index (κ2) is 12.1. The van der Waals surface area contributed by atoms with Gasteiger partial charge in [0.15, 0.2) is 0 Å². The van der Waals surface area contributed by atoms with Gasteiger partial charge in [0.05, 0.1) is 17.6 Å². The third-order valence-corrected chi connectivity index (χ3v) is 7.36. The molecule has 0 N–H and O–H groups in total. The molecule has 188 valence electrons. The molecule has 0 unspecified atom stereocenters. The number of aromatic nitrogens is 2. The van der Waals surface area contributed by atoms with E-state index in [0.29, 0.717) is 0 Å². The number of likely N-dealkylation sites (tertiary alicyclic amines) is 1. The molecule has 1 aliphatic heterocycles. The predicted molar refractivity (Wildman–Crippen MR) is 147 cm³/mol. The molecule has 5 nitrogen and oxygen atoms in total. The first-order chi connectivity index (χ1) is 17.8. The number of hydrogen-bond donors (Lipinski definition) is 0. The lowest BCUT2D eigenvalue weighted by Crippen LogP contribution is -2.38. The summed E-state index contributed by atoms with van der Waals surface area (Å²) in [5.41, 5.74) is 3.68. The normalized spacial score (nSPS) is 14.9. The maximum atomic E-state index is 13.6. The van der Waals surface area contributed by atoms with Gasteiger partial charge in [0.2, 0.25) is 0 Å². The number of hydrogen-bond acceptors (Lipinski definition) is 3. The maximum Gasteiger partial charge on any atom is 0.329 e. The number of piperidine rings is 1. The molecule has 0 amide bonds. The van der Waals surface area contributed by atoms with Crippen molar-refractivity contribution in [2.75, 3.05) is 26.2 Å². The third kappa shape index (κ3) is 5.90. The molecule has 0 aliphatic carbocycles. The van der Waals surface area contributed by atoms with E-state index in [2.05, 4.69) is 58.0 Å². The van der Waals surface area contributed by atoms with Crippen LogP contribution in [-0.4, -0.2) is 40.3 Å². The highest BCUT2D eigenvalue weighted by molar-refractivity contribution is 5.76. The Morgan fingerprint density at radius 1 is 0.722 bits per heavy atom. The average Bonchev–Trinajstić information content (AvgIpc) is 3.21. The van der Waals surface area contributed by atoms with Crippen LogP contribution in [0.5, 0.6) is 5.75 Å². The maximum absolute atomic E-state index is 13.6. The lowest BCUT2D eigenvalue weighted by atomic mass is 10.0. The fourth-order valence-electron chi connectivity index (χ4n) is 5.44. The fourth-order valence-corrected chi connectivity index (χ4v) is 5.44. The van der Waals surface area contributed by atoms with E-state index in [1.165, 1.54) is 5.56 Å². The molecule has 5 rings (SSSR count). The second-order valence-electron chi connectivity index (χ2n) is 9.82. The van der Waals surface area contributed by atoms with E-state index < -0.39 is 0 Å². The van der Waals surface area contributed by atoms with Gasteiger partial charge in [-0.1, -0.05) is 60.7 Å². The molecule has 1 saturated heterocycles. The van der Waals surface area contributed by atoms with Crippen LogP contribution in [0.25, 0.3) is 11.0 Å². The van der Waals surface area contributed by atoms with Gasteiger partial charge in [-0.25, -0.2) is 4.79 Å². The van der Waals surface area contributed by atoms with E-state index in [4.69, 9.17) is 4.74 Å². The molecule has 0 saturated carbocycles. The number of aryl methyl sites for hydroxylation is 2. The predicted octanol–water partition coefficient (Wildman–Crippen LogP) is 5.93. The molecule has 36 heavy (non-hydrogen) atoms. The van der Waals surface area contributed by atoms with Crippen LogP contribution in [0.4, 0.5) is 0 Å². The van der Waals surface area contributed by atoms with Crippen molar-refractivity contribution in [3.63, 3.8) is 0 Å². The minimum atomic E-state index is 0.158. The first-order valence-corrected chi connectivity index (χ1v) is 13.4. The number of unbranched alkanes of at least 4 members (excludes halogenated alkanes) is 1. The third-order valence-electron chi connectivity index (χ3n) is 7.36. The van der Waals surface area contributed by atoms with Crippen molar-refractivity contribution in [3.8, 4) is 5.75 Å². The molecule has 1 fully saturated rings. The SMILES string of the molecule is O=c1n(CCCCc2ccccc2)c2ccccc2n1C1CCN(CCCOc2ccccc2)CC1. The molecular formula is C31H37N3O2. The summed E-state index contributed by atoms with van der Waals surface area (Å²) in [6.07, 6.45) is 6.20. The zero-order valence-electron chi connectivity index (χ0n) is 21.1. The highest BCUT2D eigenvalue weighted by Crippen LogP contribution is 2.26. The molecular weight excluding hydrogens is 446 g/mol. The van der Waals surface area contributed by atoms with Crippen molar-refractivity contribution in [1.29, 1.82) is 0 Å². The van der Waals surface area contributed by atoms with E-state index in [0.717, 1.165) is 88.1 Å². The van der Waals surface area contributed by atoms with Crippen LogP contribution in [0.2, 0.25) is 0 Å². The number of imidazole rings is 1. The first kappa shape index (κ1) is 24.4. The summed E-state index contributed by atoms with van der Waals surface area (Å²) in [5.74, 6) is 0.937. The molecule has 0 radical (unpaired) electrons. The molecule has 1 aliphatic rings. The van der Waals surface area contributed by atoms with Gasteiger partial charge >= 0.3 is 5.69 Å². The molecule has 5 heteroatoms. The minimum Gasteiger partial charge on any atom is -0.494 e. The second-order valence-corrected chi connectivity index (χ2v) is 9.82. The molecule has 3 aromatic carbocycles. The van der Waals surface area contributed by atoms with Crippen molar-refractivity contribution in [2.45, 2.75) is 51.1 Å². The summed E-state index contributed by atoms with van der Waals surface area (Å²) >= 11 is 0. The van der Waals surface area contributed by atoms with Gasteiger partial charge in [0.1, 0.15) is 5.75 Å². The highest BCUT2D eigenvalue weighted by atomic mass is 16.5. The standard InChI is InChI=1S/C31H37N3O2/c35-31-33(22-10-9-14-26-12-3-1-4-13-26)29-17-7-8-18-30(29)34(31)27-19-23-32(24-20-27)21-11-25-36-28-15-5-2-6-16-28/h1-8,12-13,15-18,27H,9-11,14,19-25H2. The Balaban J connectivity index is 1.16. The van der Waals surface area contributed by atoms with Gasteiger partial charge in [0, 0.05) is 32.2 Å². The molecule has 0 bridgehead atoms. The summed E-state index contributed by atoms with van der Waals surface area (Å²) in [6, 6.07) is 29.2. The lowest BCUT2D eigenvalue weighted by molar-refractivity contribution is 0.172. The fraction of sp³-hybridized carbons (Fsp3) is 0.387. The van der Waals surface area contributed by atoms with Gasteiger partial charge in [0.25, 0.3) is 0 Å². The van der Waals surface area contributed by atoms with Crippen LogP contribution in [0.3, 0.4) is 0 Å². The molecule has 0 atom stereocenters. The van der Waals surface area contributed by atoms with Crippen molar-refractivity contribution >= 4 is 11.0 Å². The van der Waals surface area contributed by atoms with Crippen LogP contribution in [-0.2, 0) is 13.0 Å². The van der Waals surface area contributed by atoms with Crippen LogP contribution >= 0.6 is 0 Å². The summed E-state index contributed by atoms with van der Waals surface area (Å²) in [7, 11) is 0. The Morgan fingerprint density at radius 3 is 2.14 bits per heavy atom. The van der Waals surface area contributed by atoms with E-state index >= 15 is 0 Å². The minimum absolute atomic E-state index is 0.158. The number of fused-ring (bicyclic) bond motifs is 1. The van der Waals surface area contributed by atoms with E-state index in [-0.39, 0.29) is 11.7 Å². The molecule has 0 spiro atoms. The van der Waals surface area contributed by atoms with Gasteiger partial charge in [-0.2, -0.15) is 0 Å². The van der Waals surface area contributed by atoms with E-state index in [9.17, 15) is 4.79 Å². The number of rotatable bonds is 11. The topological polar surface area (TPSA) is 39.4 Å². The number of para-hydroxylation sites is 3. The molecule has 1 aromatic heterocycles.